The molecule has 0 aliphatic rings. The average molecular weight is 443 g/mol. The van der Waals surface area contributed by atoms with Gasteiger partial charge in [0.15, 0.2) is 0 Å². The maximum Gasteiger partial charge on any atom is 0.0894 e. The van der Waals surface area contributed by atoms with Crippen molar-refractivity contribution in [1.29, 1.82) is 0 Å². The number of rotatable bonds is 14. The molecule has 0 bridgehead atoms. The Morgan fingerprint density at radius 3 is 2.31 bits per heavy atom. The minimum atomic E-state index is -0.250. The molecule has 178 valence electrons. The van der Waals surface area contributed by atoms with E-state index in [2.05, 4.69) is 64.2 Å². The molecule has 1 heterocycles. The number of hydrogen-bond acceptors (Lipinski definition) is 3. The van der Waals surface area contributed by atoms with E-state index in [1.807, 2.05) is 0 Å². The molecule has 3 nitrogen and oxygen atoms in total. The van der Waals surface area contributed by atoms with Crippen LogP contribution >= 0.6 is 0 Å². The first-order chi connectivity index (χ1) is 15.4. The third-order valence-corrected chi connectivity index (χ3v) is 6.03. The predicted molar refractivity (Wildman–Crippen MR) is 134 cm³/mol. The van der Waals surface area contributed by atoms with Crippen molar-refractivity contribution in [3.05, 3.63) is 52.3 Å². The third kappa shape index (κ3) is 7.11. The van der Waals surface area contributed by atoms with Crippen molar-refractivity contribution < 1.29 is 9.50 Å². The topological polar surface area (TPSA) is 45.2 Å². The number of unbranched alkanes of at least 4 members (excludes halogenated alkanes) is 3. The van der Waals surface area contributed by atoms with E-state index in [0.717, 1.165) is 49.2 Å². The second-order valence-corrected chi connectivity index (χ2v) is 9.41. The second-order valence-electron chi connectivity index (χ2n) is 9.41. The van der Waals surface area contributed by atoms with Crippen molar-refractivity contribution in [1.82, 2.24) is 10.3 Å². The molecule has 0 radical (unpaired) electrons. The molecule has 2 aromatic rings. The van der Waals surface area contributed by atoms with Crippen molar-refractivity contribution >= 4 is 0 Å². The smallest absolute Gasteiger partial charge is 0.0894 e. The Balaban J connectivity index is 2.54. The summed E-state index contributed by atoms with van der Waals surface area (Å²) in [4.78, 5) is 5.10. The molecule has 0 atom stereocenters. The molecule has 1 aromatic heterocycles. The highest BCUT2D eigenvalue weighted by molar-refractivity contribution is 5.73. The van der Waals surface area contributed by atoms with E-state index in [1.54, 1.807) is 0 Å². The number of alkyl halides is 1. The van der Waals surface area contributed by atoms with Crippen LogP contribution in [-0.2, 0) is 19.6 Å². The molecule has 2 rings (SSSR count). The second kappa shape index (κ2) is 13.7. The summed E-state index contributed by atoms with van der Waals surface area (Å²) in [5.41, 5.74) is 8.02. The highest BCUT2D eigenvalue weighted by atomic mass is 19.1. The lowest BCUT2D eigenvalue weighted by Crippen LogP contribution is -2.15. The van der Waals surface area contributed by atoms with E-state index < -0.39 is 0 Å². The number of halogens is 1. The summed E-state index contributed by atoms with van der Waals surface area (Å²) in [6.07, 6.45) is 5.96. The molecule has 0 aliphatic carbocycles. The van der Waals surface area contributed by atoms with Crippen LogP contribution in [0.2, 0.25) is 0 Å². The Kier molecular flexibility index (Phi) is 11.3. The molecule has 0 aliphatic heterocycles. The van der Waals surface area contributed by atoms with Gasteiger partial charge in [0.25, 0.3) is 0 Å². The number of nitrogens with one attached hydrogen (secondary N) is 1. The number of aromatic nitrogens is 1. The summed E-state index contributed by atoms with van der Waals surface area (Å²) < 4.78 is 12.3. The predicted octanol–water partition coefficient (Wildman–Crippen LogP) is 7.06. The first-order valence-corrected chi connectivity index (χ1v) is 12.5. The molecule has 0 amide bonds. The molecular weight excluding hydrogens is 399 g/mol. The Labute approximate surface area is 194 Å². The third-order valence-electron chi connectivity index (χ3n) is 6.03. The zero-order valence-electron chi connectivity index (χ0n) is 20.8. The van der Waals surface area contributed by atoms with Gasteiger partial charge in [-0.1, -0.05) is 65.7 Å². The number of aliphatic hydroxyl groups excluding tert-OH is 1. The Bertz CT molecular complexity index is 832. The summed E-state index contributed by atoms with van der Waals surface area (Å²) in [7, 11) is 0. The molecule has 0 spiro atoms. The van der Waals surface area contributed by atoms with Gasteiger partial charge in [-0.3, -0.25) is 9.37 Å². The van der Waals surface area contributed by atoms with Crippen molar-refractivity contribution in [3.8, 4) is 11.1 Å². The van der Waals surface area contributed by atoms with Crippen LogP contribution in [0.4, 0.5) is 4.39 Å². The molecule has 0 saturated carbocycles. The minimum absolute atomic E-state index is 0.000702. The van der Waals surface area contributed by atoms with Gasteiger partial charge in [0.05, 0.1) is 13.3 Å². The van der Waals surface area contributed by atoms with E-state index in [1.165, 1.54) is 35.2 Å². The van der Waals surface area contributed by atoms with Gasteiger partial charge in [-0.25, -0.2) is 0 Å². The van der Waals surface area contributed by atoms with Crippen molar-refractivity contribution in [2.24, 2.45) is 0 Å². The van der Waals surface area contributed by atoms with Crippen molar-refractivity contribution in [2.75, 3.05) is 13.2 Å². The number of aliphatic hydroxyl groups is 1. The highest BCUT2D eigenvalue weighted by Gasteiger charge is 2.23. The molecule has 2 N–H and O–H groups in total. The van der Waals surface area contributed by atoms with E-state index in [-0.39, 0.29) is 19.2 Å². The van der Waals surface area contributed by atoms with Gasteiger partial charge in [0.1, 0.15) is 0 Å². The van der Waals surface area contributed by atoms with Crippen LogP contribution < -0.4 is 5.32 Å². The van der Waals surface area contributed by atoms with Gasteiger partial charge in [-0.05, 0) is 72.4 Å². The largest absolute Gasteiger partial charge is 0.392 e. The number of nitrogens with zero attached hydrogens (tertiary/aromatic N) is 1. The van der Waals surface area contributed by atoms with Gasteiger partial charge < -0.3 is 10.4 Å². The van der Waals surface area contributed by atoms with Gasteiger partial charge in [-0.15, -0.1) is 0 Å². The van der Waals surface area contributed by atoms with E-state index in [9.17, 15) is 9.50 Å². The van der Waals surface area contributed by atoms with E-state index in [4.69, 9.17) is 4.98 Å². The lowest BCUT2D eigenvalue weighted by Gasteiger charge is -2.24. The van der Waals surface area contributed by atoms with Crippen molar-refractivity contribution in [3.63, 3.8) is 0 Å². The average Bonchev–Trinajstić information content (AvgIpc) is 2.78. The Morgan fingerprint density at radius 1 is 0.969 bits per heavy atom. The van der Waals surface area contributed by atoms with Gasteiger partial charge in [0.2, 0.25) is 0 Å². The highest BCUT2D eigenvalue weighted by Crippen LogP contribution is 2.37. The van der Waals surface area contributed by atoms with E-state index >= 15 is 0 Å². The van der Waals surface area contributed by atoms with Crippen molar-refractivity contribution in [2.45, 2.75) is 98.1 Å². The maximum absolute atomic E-state index is 12.3. The normalized spacial score (nSPS) is 11.7. The number of hydrogen-bond donors (Lipinski definition) is 2. The van der Waals surface area contributed by atoms with Crippen LogP contribution in [-0.4, -0.2) is 23.3 Å². The fourth-order valence-corrected chi connectivity index (χ4v) is 4.39. The Morgan fingerprint density at radius 2 is 1.69 bits per heavy atom. The molecular formula is C28H43FN2O. The monoisotopic (exact) mass is 442 g/mol. The zero-order valence-corrected chi connectivity index (χ0v) is 20.8. The molecule has 4 heteroatoms. The molecule has 0 unspecified atom stereocenters. The fraction of sp³-hybridized carbons (Fsp3) is 0.607. The zero-order chi connectivity index (χ0) is 23.5. The molecule has 32 heavy (non-hydrogen) atoms. The first kappa shape index (κ1) is 26.5. The van der Waals surface area contributed by atoms with Gasteiger partial charge in [0, 0.05) is 23.5 Å². The lowest BCUT2D eigenvalue weighted by molar-refractivity contribution is 0.279. The standard InChI is InChI=1S/C28H43FN2O/c1-6-7-8-14-24-26(25(19-32)28(21(4)5)31-27(24)20(2)3)23-13-11-12-22(17-23)18-30-16-10-9-15-29/h11-13,17,20-21,30,32H,6-10,14-16,18-19H2,1-5H3. The summed E-state index contributed by atoms with van der Waals surface area (Å²) in [5.74, 6) is 0.578. The number of benzene rings is 1. The summed E-state index contributed by atoms with van der Waals surface area (Å²) in [6.45, 7) is 12.3. The van der Waals surface area contributed by atoms with Crippen LogP contribution in [0.15, 0.2) is 24.3 Å². The van der Waals surface area contributed by atoms with Gasteiger partial charge >= 0.3 is 0 Å². The summed E-state index contributed by atoms with van der Waals surface area (Å²) in [6, 6.07) is 8.65. The van der Waals surface area contributed by atoms with Crippen LogP contribution in [0.1, 0.15) is 107 Å². The molecule has 0 saturated heterocycles. The summed E-state index contributed by atoms with van der Waals surface area (Å²) >= 11 is 0. The minimum Gasteiger partial charge on any atom is -0.392 e. The number of pyridine rings is 1. The van der Waals surface area contributed by atoms with Crippen LogP contribution in [0.25, 0.3) is 11.1 Å². The fourth-order valence-electron chi connectivity index (χ4n) is 4.39. The molecule has 1 aromatic carbocycles. The first-order valence-electron chi connectivity index (χ1n) is 12.5. The lowest BCUT2D eigenvalue weighted by atomic mass is 9.85. The molecule has 0 fully saturated rings. The van der Waals surface area contributed by atoms with Gasteiger partial charge in [-0.2, -0.15) is 0 Å². The Hall–Kier alpha value is -1.78. The maximum atomic E-state index is 12.3. The van der Waals surface area contributed by atoms with Crippen LogP contribution in [0, 0.1) is 0 Å². The van der Waals surface area contributed by atoms with Crippen LogP contribution in [0.5, 0.6) is 0 Å². The quantitative estimate of drug-likeness (QED) is 0.308. The van der Waals surface area contributed by atoms with E-state index in [0.29, 0.717) is 12.3 Å². The summed E-state index contributed by atoms with van der Waals surface area (Å²) in [5, 5.41) is 13.9. The SMILES string of the molecule is CCCCCc1c(C(C)C)nc(C(C)C)c(CO)c1-c1cccc(CNCCCCF)c1. The van der Waals surface area contributed by atoms with Crippen LogP contribution in [0.3, 0.4) is 0 Å².